The van der Waals surface area contributed by atoms with Crippen molar-refractivity contribution in [3.8, 4) is 0 Å². The molecule has 134 valence electrons. The Morgan fingerprint density at radius 1 is 1.15 bits per heavy atom. The fraction of sp³-hybridized carbons (Fsp3) is 0.167. The van der Waals surface area contributed by atoms with E-state index in [-0.39, 0.29) is 5.02 Å². The van der Waals surface area contributed by atoms with Gasteiger partial charge in [0.15, 0.2) is 0 Å². The van der Waals surface area contributed by atoms with Gasteiger partial charge in [0.25, 0.3) is 5.91 Å². The highest BCUT2D eigenvalue weighted by Gasteiger charge is 2.50. The van der Waals surface area contributed by atoms with Crippen LogP contribution in [0.25, 0.3) is 0 Å². The van der Waals surface area contributed by atoms with Gasteiger partial charge in [-0.15, -0.1) is 0 Å². The Balaban J connectivity index is 1.79. The van der Waals surface area contributed by atoms with E-state index in [1.807, 2.05) is 6.07 Å². The van der Waals surface area contributed by atoms with Crippen molar-refractivity contribution < 1.29 is 14.4 Å². The lowest BCUT2D eigenvalue weighted by atomic mass is 9.92. The second-order valence-corrected chi connectivity index (χ2v) is 6.83. The molecule has 3 rings (SSSR count). The van der Waals surface area contributed by atoms with Crippen molar-refractivity contribution in [2.24, 2.45) is 0 Å². The lowest BCUT2D eigenvalue weighted by Crippen LogP contribution is -2.42. The number of anilines is 1. The van der Waals surface area contributed by atoms with E-state index in [1.165, 1.54) is 13.0 Å². The van der Waals surface area contributed by atoms with Gasteiger partial charge in [-0.1, -0.05) is 47.5 Å². The normalized spacial score (nSPS) is 19.4. The van der Waals surface area contributed by atoms with Crippen LogP contribution < -0.4 is 10.6 Å². The minimum absolute atomic E-state index is 0.254. The Labute approximate surface area is 160 Å². The van der Waals surface area contributed by atoms with Crippen molar-refractivity contribution in [2.45, 2.75) is 12.5 Å². The average molecular weight is 392 g/mol. The van der Waals surface area contributed by atoms with Crippen LogP contribution in [-0.4, -0.2) is 29.3 Å². The summed E-state index contributed by atoms with van der Waals surface area (Å²) in [5.74, 6) is -1.04. The number of hydrogen-bond acceptors (Lipinski definition) is 3. The van der Waals surface area contributed by atoms with E-state index in [0.29, 0.717) is 16.3 Å². The SMILES string of the molecule is C[C@@]1(c2ccc(Cl)cc2Cl)NC(=O)N(CC(=O)Nc2ccccc2)C1=O. The maximum atomic E-state index is 12.8. The Hall–Kier alpha value is -2.57. The molecule has 2 N–H and O–H groups in total. The maximum Gasteiger partial charge on any atom is 0.325 e. The van der Waals surface area contributed by atoms with Crippen LogP contribution in [0, 0.1) is 0 Å². The number of nitrogens with one attached hydrogen (secondary N) is 2. The summed E-state index contributed by atoms with van der Waals surface area (Å²) < 4.78 is 0. The Bertz CT molecular complexity index is 889. The van der Waals surface area contributed by atoms with Crippen LogP contribution in [-0.2, 0) is 15.1 Å². The van der Waals surface area contributed by atoms with Crippen molar-refractivity contribution in [1.82, 2.24) is 10.2 Å². The third kappa shape index (κ3) is 3.38. The molecule has 0 unspecified atom stereocenters. The fourth-order valence-corrected chi connectivity index (χ4v) is 3.38. The molecule has 0 aromatic heterocycles. The number of rotatable bonds is 4. The van der Waals surface area contributed by atoms with Crippen molar-refractivity contribution in [3.05, 3.63) is 64.1 Å². The molecule has 0 aliphatic carbocycles. The molecular weight excluding hydrogens is 377 g/mol. The van der Waals surface area contributed by atoms with Gasteiger partial charge >= 0.3 is 6.03 Å². The van der Waals surface area contributed by atoms with E-state index in [1.54, 1.807) is 36.4 Å². The van der Waals surface area contributed by atoms with Gasteiger partial charge in [0, 0.05) is 21.3 Å². The summed E-state index contributed by atoms with van der Waals surface area (Å²) in [5, 5.41) is 5.91. The van der Waals surface area contributed by atoms with E-state index in [2.05, 4.69) is 10.6 Å². The zero-order valence-electron chi connectivity index (χ0n) is 13.8. The summed E-state index contributed by atoms with van der Waals surface area (Å²) >= 11 is 12.1. The molecule has 1 heterocycles. The molecule has 4 amide bonds. The second-order valence-electron chi connectivity index (χ2n) is 5.98. The second kappa shape index (κ2) is 6.97. The topological polar surface area (TPSA) is 78.5 Å². The van der Waals surface area contributed by atoms with Crippen LogP contribution in [0.3, 0.4) is 0 Å². The highest BCUT2D eigenvalue weighted by molar-refractivity contribution is 6.35. The standard InChI is InChI=1S/C18H15Cl2N3O3/c1-18(13-8-7-11(19)9-14(13)20)16(25)23(17(26)22-18)10-15(24)21-12-5-3-2-4-6-12/h2-9H,10H2,1H3,(H,21,24)(H,22,26)/t18-/m0/s1. The molecular formula is C18H15Cl2N3O3. The monoisotopic (exact) mass is 391 g/mol. The summed E-state index contributed by atoms with van der Waals surface area (Å²) in [4.78, 5) is 38.2. The molecule has 0 spiro atoms. The van der Waals surface area contributed by atoms with Gasteiger partial charge in [0.1, 0.15) is 12.1 Å². The van der Waals surface area contributed by atoms with Crippen LogP contribution in [0.4, 0.5) is 10.5 Å². The smallest absolute Gasteiger partial charge is 0.325 e. The first-order chi connectivity index (χ1) is 12.3. The zero-order chi connectivity index (χ0) is 18.9. The number of carbonyl (C=O) groups is 3. The minimum Gasteiger partial charge on any atom is -0.325 e. The number of halogens is 2. The third-order valence-corrected chi connectivity index (χ3v) is 4.65. The highest BCUT2D eigenvalue weighted by Crippen LogP contribution is 2.34. The first-order valence-electron chi connectivity index (χ1n) is 7.76. The molecule has 2 aromatic carbocycles. The molecule has 0 saturated carbocycles. The lowest BCUT2D eigenvalue weighted by Gasteiger charge is -2.23. The maximum absolute atomic E-state index is 12.8. The van der Waals surface area contributed by atoms with Crippen LogP contribution in [0.2, 0.25) is 10.0 Å². The number of carbonyl (C=O) groups excluding carboxylic acids is 3. The predicted octanol–water partition coefficient (Wildman–Crippen LogP) is 3.40. The minimum atomic E-state index is -1.37. The van der Waals surface area contributed by atoms with E-state index < -0.39 is 29.9 Å². The fourth-order valence-electron chi connectivity index (χ4n) is 2.78. The number of nitrogens with zero attached hydrogens (tertiary/aromatic N) is 1. The molecule has 2 aromatic rings. The number of urea groups is 1. The van der Waals surface area contributed by atoms with Gasteiger partial charge in [-0.05, 0) is 31.2 Å². The molecule has 1 fully saturated rings. The van der Waals surface area contributed by atoms with Crippen LogP contribution in [0.15, 0.2) is 48.5 Å². The van der Waals surface area contributed by atoms with E-state index in [4.69, 9.17) is 23.2 Å². The molecule has 1 atom stereocenters. The van der Waals surface area contributed by atoms with Crippen molar-refractivity contribution in [2.75, 3.05) is 11.9 Å². The number of amides is 4. The first kappa shape index (κ1) is 18.2. The largest absolute Gasteiger partial charge is 0.325 e. The number of para-hydroxylation sites is 1. The van der Waals surface area contributed by atoms with E-state index >= 15 is 0 Å². The van der Waals surface area contributed by atoms with Gasteiger partial charge in [0.05, 0.1) is 0 Å². The number of hydrogen-bond donors (Lipinski definition) is 2. The molecule has 0 radical (unpaired) electrons. The summed E-state index contributed by atoms with van der Waals surface area (Å²) in [5.41, 5.74) is -0.382. The first-order valence-corrected chi connectivity index (χ1v) is 8.51. The molecule has 1 aliphatic rings. The van der Waals surface area contributed by atoms with Crippen LogP contribution in [0.5, 0.6) is 0 Å². The molecule has 26 heavy (non-hydrogen) atoms. The summed E-state index contributed by atoms with van der Waals surface area (Å²) in [7, 11) is 0. The molecule has 1 aliphatic heterocycles. The van der Waals surface area contributed by atoms with Crippen LogP contribution in [0.1, 0.15) is 12.5 Å². The lowest BCUT2D eigenvalue weighted by molar-refractivity contribution is -0.133. The van der Waals surface area contributed by atoms with E-state index in [9.17, 15) is 14.4 Å². The summed E-state index contributed by atoms with van der Waals surface area (Å²) in [6, 6.07) is 12.8. The Kier molecular flexibility index (Phi) is 4.89. The highest BCUT2D eigenvalue weighted by atomic mass is 35.5. The molecule has 8 heteroatoms. The number of benzene rings is 2. The van der Waals surface area contributed by atoms with Crippen molar-refractivity contribution in [1.29, 1.82) is 0 Å². The summed E-state index contributed by atoms with van der Waals surface area (Å²) in [6.45, 7) is 1.14. The van der Waals surface area contributed by atoms with Crippen LogP contribution >= 0.6 is 23.2 Å². The summed E-state index contributed by atoms with van der Waals surface area (Å²) in [6.07, 6.45) is 0. The van der Waals surface area contributed by atoms with Gasteiger partial charge in [-0.25, -0.2) is 4.79 Å². The Morgan fingerprint density at radius 2 is 1.85 bits per heavy atom. The van der Waals surface area contributed by atoms with Crippen molar-refractivity contribution >= 4 is 46.7 Å². The van der Waals surface area contributed by atoms with Gasteiger partial charge < -0.3 is 10.6 Å². The molecule has 0 bridgehead atoms. The molecule has 1 saturated heterocycles. The molecule has 6 nitrogen and oxygen atoms in total. The zero-order valence-corrected chi connectivity index (χ0v) is 15.3. The van der Waals surface area contributed by atoms with Crippen molar-refractivity contribution in [3.63, 3.8) is 0 Å². The average Bonchev–Trinajstić information content (AvgIpc) is 2.79. The van der Waals surface area contributed by atoms with Gasteiger partial charge in [0.2, 0.25) is 5.91 Å². The Morgan fingerprint density at radius 3 is 2.50 bits per heavy atom. The third-order valence-electron chi connectivity index (χ3n) is 4.10. The number of imide groups is 1. The quantitative estimate of drug-likeness (QED) is 0.783. The van der Waals surface area contributed by atoms with Gasteiger partial charge in [-0.3, -0.25) is 14.5 Å². The van der Waals surface area contributed by atoms with Gasteiger partial charge in [-0.2, -0.15) is 0 Å². The van der Waals surface area contributed by atoms with E-state index in [0.717, 1.165) is 4.90 Å². The predicted molar refractivity (Wildman–Crippen MR) is 99.1 cm³/mol.